The molecule has 0 spiro atoms. The third kappa shape index (κ3) is 4.33. The smallest absolute Gasteiger partial charge is 0.325 e. The summed E-state index contributed by atoms with van der Waals surface area (Å²) in [7, 11) is 0. The number of nitrogens with zero attached hydrogens (tertiary/aromatic N) is 1. The van der Waals surface area contributed by atoms with E-state index < -0.39 is 17.7 Å². The summed E-state index contributed by atoms with van der Waals surface area (Å²) in [5.74, 6) is 0.279. The number of urea groups is 1. The second-order valence-corrected chi connectivity index (χ2v) is 8.71. The van der Waals surface area contributed by atoms with Crippen LogP contribution >= 0.6 is 0 Å². The van der Waals surface area contributed by atoms with Crippen molar-refractivity contribution >= 4 is 11.9 Å². The summed E-state index contributed by atoms with van der Waals surface area (Å²) in [5.41, 5.74) is 0.873. The molecule has 3 rings (SSSR count). The number of carbonyl (C=O) groups excluding carboxylic acids is 2. The number of ether oxygens (including phenoxy) is 1. The third-order valence-electron chi connectivity index (χ3n) is 5.53. The molecule has 2 aromatic carbocycles. The maximum Gasteiger partial charge on any atom is 0.325 e. The fourth-order valence-electron chi connectivity index (χ4n) is 3.66. The van der Waals surface area contributed by atoms with E-state index >= 15 is 0 Å². The SMILES string of the molecule is CCC1(c2ccccc2)NC(=O)N(CC(O)COc2ccc(C(C)(C)C)cc2)C1=O. The predicted octanol–water partition coefficient (Wildman–Crippen LogP) is 3.58. The standard InChI is InChI=1S/C24H30N2O4/c1-5-24(18-9-7-6-8-10-18)21(28)26(22(29)25-24)15-19(27)16-30-20-13-11-17(12-14-20)23(2,3)4/h6-14,19,27H,5,15-16H2,1-4H3,(H,25,29). The molecule has 1 aliphatic heterocycles. The molecule has 0 aromatic heterocycles. The van der Waals surface area contributed by atoms with E-state index in [1.165, 1.54) is 5.56 Å². The van der Waals surface area contributed by atoms with E-state index in [-0.39, 0.29) is 24.5 Å². The first-order valence-electron chi connectivity index (χ1n) is 10.3. The summed E-state index contributed by atoms with van der Waals surface area (Å²) in [4.78, 5) is 26.7. The van der Waals surface area contributed by atoms with Gasteiger partial charge in [0.1, 0.15) is 24.0 Å². The van der Waals surface area contributed by atoms with Gasteiger partial charge in [0.15, 0.2) is 0 Å². The molecule has 2 atom stereocenters. The van der Waals surface area contributed by atoms with Crippen molar-refractivity contribution in [3.63, 3.8) is 0 Å². The molecule has 1 saturated heterocycles. The van der Waals surface area contributed by atoms with Gasteiger partial charge in [0.2, 0.25) is 0 Å². The van der Waals surface area contributed by atoms with E-state index in [1.54, 1.807) is 0 Å². The number of aliphatic hydroxyl groups excluding tert-OH is 1. The molecular weight excluding hydrogens is 380 g/mol. The Kier molecular flexibility index (Phi) is 6.17. The minimum Gasteiger partial charge on any atom is -0.491 e. The summed E-state index contributed by atoms with van der Waals surface area (Å²) in [6.07, 6.45) is -0.574. The maximum atomic E-state index is 13.1. The Hall–Kier alpha value is -2.86. The first kappa shape index (κ1) is 21.8. The number of hydrogen-bond donors (Lipinski definition) is 2. The normalized spacial score (nSPS) is 20.2. The average molecular weight is 411 g/mol. The fourth-order valence-corrected chi connectivity index (χ4v) is 3.66. The van der Waals surface area contributed by atoms with Crippen LogP contribution in [0.3, 0.4) is 0 Å². The lowest BCUT2D eigenvalue weighted by atomic mass is 9.87. The molecular formula is C24H30N2O4. The van der Waals surface area contributed by atoms with Crippen LogP contribution in [0.15, 0.2) is 54.6 Å². The number of rotatable bonds is 7. The van der Waals surface area contributed by atoms with Gasteiger partial charge in [-0.15, -0.1) is 0 Å². The zero-order chi connectivity index (χ0) is 21.9. The third-order valence-corrected chi connectivity index (χ3v) is 5.53. The Bertz CT molecular complexity index is 890. The van der Waals surface area contributed by atoms with E-state index in [0.29, 0.717) is 12.2 Å². The van der Waals surface area contributed by atoms with Crippen LogP contribution in [0, 0.1) is 0 Å². The van der Waals surface area contributed by atoms with Crippen LogP contribution in [0.1, 0.15) is 45.2 Å². The number of β-amino-alcohol motifs (C(OH)–C–C–N with tert-alkyl or cyclic N) is 1. The summed E-state index contributed by atoms with van der Waals surface area (Å²) in [6, 6.07) is 16.4. The van der Waals surface area contributed by atoms with Gasteiger partial charge in [-0.25, -0.2) is 4.79 Å². The lowest BCUT2D eigenvalue weighted by Crippen LogP contribution is -2.44. The molecule has 160 valence electrons. The molecule has 6 heteroatoms. The van der Waals surface area contributed by atoms with Crippen molar-refractivity contribution in [3.05, 3.63) is 65.7 Å². The highest BCUT2D eigenvalue weighted by Crippen LogP contribution is 2.32. The topological polar surface area (TPSA) is 78.9 Å². The van der Waals surface area contributed by atoms with Gasteiger partial charge < -0.3 is 15.2 Å². The monoisotopic (exact) mass is 410 g/mol. The lowest BCUT2D eigenvalue weighted by molar-refractivity contribution is -0.132. The van der Waals surface area contributed by atoms with Crippen LogP contribution in [-0.2, 0) is 15.7 Å². The Morgan fingerprint density at radius 2 is 1.70 bits per heavy atom. The minimum absolute atomic E-state index is 0.0175. The number of amides is 3. The molecule has 0 aliphatic carbocycles. The van der Waals surface area contributed by atoms with Crippen LogP contribution in [0.4, 0.5) is 4.79 Å². The highest BCUT2D eigenvalue weighted by molar-refractivity contribution is 6.07. The number of carbonyl (C=O) groups is 2. The Morgan fingerprint density at radius 1 is 1.07 bits per heavy atom. The lowest BCUT2D eigenvalue weighted by Gasteiger charge is -2.26. The molecule has 30 heavy (non-hydrogen) atoms. The number of benzene rings is 2. The van der Waals surface area contributed by atoms with Crippen molar-refractivity contribution in [2.24, 2.45) is 0 Å². The Balaban J connectivity index is 1.63. The summed E-state index contributed by atoms with van der Waals surface area (Å²) >= 11 is 0. The summed E-state index contributed by atoms with van der Waals surface area (Å²) in [5, 5.41) is 13.2. The number of hydrogen-bond acceptors (Lipinski definition) is 4. The highest BCUT2D eigenvalue weighted by atomic mass is 16.5. The molecule has 1 fully saturated rings. The van der Waals surface area contributed by atoms with Crippen LogP contribution in [0.2, 0.25) is 0 Å². The second-order valence-electron chi connectivity index (χ2n) is 8.71. The maximum absolute atomic E-state index is 13.1. The molecule has 0 radical (unpaired) electrons. The van der Waals surface area contributed by atoms with Crippen molar-refractivity contribution in [3.8, 4) is 5.75 Å². The van der Waals surface area contributed by atoms with Gasteiger partial charge in [-0.1, -0.05) is 70.2 Å². The predicted molar refractivity (Wildman–Crippen MR) is 115 cm³/mol. The van der Waals surface area contributed by atoms with Gasteiger partial charge in [-0.3, -0.25) is 9.69 Å². The molecule has 2 N–H and O–H groups in total. The van der Waals surface area contributed by atoms with E-state index in [0.717, 1.165) is 10.5 Å². The molecule has 1 heterocycles. The van der Waals surface area contributed by atoms with Crippen LogP contribution in [-0.4, -0.2) is 41.2 Å². The average Bonchev–Trinajstić information content (AvgIpc) is 2.97. The van der Waals surface area contributed by atoms with Crippen LogP contribution in [0.25, 0.3) is 0 Å². The first-order chi connectivity index (χ1) is 14.2. The second kappa shape index (κ2) is 8.48. The molecule has 2 aromatic rings. The number of nitrogens with one attached hydrogen (secondary N) is 1. The minimum atomic E-state index is -1.10. The van der Waals surface area contributed by atoms with E-state index in [9.17, 15) is 14.7 Å². The zero-order valence-corrected chi connectivity index (χ0v) is 18.0. The van der Waals surface area contributed by atoms with Gasteiger partial charge in [-0.05, 0) is 35.1 Å². The molecule has 3 amide bonds. The molecule has 1 aliphatic rings. The first-order valence-corrected chi connectivity index (χ1v) is 10.3. The fraction of sp³-hybridized carbons (Fsp3) is 0.417. The van der Waals surface area contributed by atoms with Crippen molar-refractivity contribution in [1.29, 1.82) is 0 Å². The largest absolute Gasteiger partial charge is 0.491 e. The zero-order valence-electron chi connectivity index (χ0n) is 18.0. The number of aliphatic hydroxyl groups is 1. The van der Waals surface area contributed by atoms with Gasteiger partial charge in [0.05, 0.1) is 6.54 Å². The van der Waals surface area contributed by atoms with Crippen LogP contribution in [0.5, 0.6) is 5.75 Å². The molecule has 2 unspecified atom stereocenters. The van der Waals surface area contributed by atoms with Gasteiger partial charge in [-0.2, -0.15) is 0 Å². The summed E-state index contributed by atoms with van der Waals surface area (Å²) in [6.45, 7) is 8.12. The van der Waals surface area contributed by atoms with E-state index in [1.807, 2.05) is 61.5 Å². The summed E-state index contributed by atoms with van der Waals surface area (Å²) < 4.78 is 5.66. The molecule has 0 bridgehead atoms. The van der Waals surface area contributed by atoms with Gasteiger partial charge in [0.25, 0.3) is 5.91 Å². The van der Waals surface area contributed by atoms with E-state index in [4.69, 9.17) is 4.74 Å². The van der Waals surface area contributed by atoms with Crippen LogP contribution < -0.4 is 10.1 Å². The van der Waals surface area contributed by atoms with Gasteiger partial charge in [0, 0.05) is 0 Å². The molecule has 0 saturated carbocycles. The number of imide groups is 1. The van der Waals surface area contributed by atoms with Crippen molar-refractivity contribution in [2.75, 3.05) is 13.2 Å². The molecule has 6 nitrogen and oxygen atoms in total. The van der Waals surface area contributed by atoms with E-state index in [2.05, 4.69) is 26.1 Å². The Morgan fingerprint density at radius 3 is 2.27 bits per heavy atom. The van der Waals surface area contributed by atoms with Crippen molar-refractivity contribution in [2.45, 2.75) is 51.2 Å². The van der Waals surface area contributed by atoms with Crippen molar-refractivity contribution < 1.29 is 19.4 Å². The Labute approximate surface area is 177 Å². The quantitative estimate of drug-likeness (QED) is 0.684. The van der Waals surface area contributed by atoms with Crippen molar-refractivity contribution in [1.82, 2.24) is 10.2 Å². The van der Waals surface area contributed by atoms with Gasteiger partial charge >= 0.3 is 6.03 Å². The highest BCUT2D eigenvalue weighted by Gasteiger charge is 2.51.